The molecule has 0 aliphatic heterocycles. The third-order valence-electron chi connectivity index (χ3n) is 5.54. The van der Waals surface area contributed by atoms with Crippen molar-refractivity contribution in [2.24, 2.45) is 5.16 Å². The molecule has 0 saturated heterocycles. The number of thioether (sulfide) groups is 1. The lowest BCUT2D eigenvalue weighted by molar-refractivity contribution is -0.131. The average molecular weight is 468 g/mol. The monoisotopic (exact) mass is 467 g/mol. The van der Waals surface area contributed by atoms with Gasteiger partial charge in [0.1, 0.15) is 5.75 Å². The number of esters is 1. The quantitative estimate of drug-likeness (QED) is 0.0801. The van der Waals surface area contributed by atoms with Crippen LogP contribution >= 0.6 is 11.8 Å². The standard InChI is InChI=1S/C29H25NO3S/c1-22(31)33-27-19-17-23(18-20-27)28(30-32)21-34-29(24-11-5-2-6-12-24,25-13-7-3-8-14-25)26-15-9-4-10-16-26/h2-20,32H,21H2,1H3/b30-28-. The highest BCUT2D eigenvalue weighted by Crippen LogP contribution is 2.48. The van der Waals surface area contributed by atoms with Crippen molar-refractivity contribution < 1.29 is 14.7 Å². The Morgan fingerprint density at radius 1 is 0.765 bits per heavy atom. The lowest BCUT2D eigenvalue weighted by Crippen LogP contribution is -2.27. The van der Waals surface area contributed by atoms with E-state index in [0.29, 0.717) is 17.2 Å². The lowest BCUT2D eigenvalue weighted by atomic mass is 9.84. The van der Waals surface area contributed by atoms with Crippen molar-refractivity contribution in [2.75, 3.05) is 5.75 Å². The van der Waals surface area contributed by atoms with E-state index in [9.17, 15) is 10.0 Å². The van der Waals surface area contributed by atoms with Gasteiger partial charge in [-0.15, -0.1) is 11.8 Å². The molecular formula is C29H25NO3S. The van der Waals surface area contributed by atoms with Crippen LogP contribution in [0.5, 0.6) is 5.75 Å². The number of carbonyl (C=O) groups is 1. The van der Waals surface area contributed by atoms with E-state index in [4.69, 9.17) is 4.74 Å². The van der Waals surface area contributed by atoms with Crippen LogP contribution in [0.4, 0.5) is 0 Å². The zero-order valence-corrected chi connectivity index (χ0v) is 19.6. The second-order valence-electron chi connectivity index (χ2n) is 7.73. The highest BCUT2D eigenvalue weighted by molar-refractivity contribution is 8.01. The number of hydrogen-bond acceptors (Lipinski definition) is 5. The van der Waals surface area contributed by atoms with Crippen LogP contribution in [0.1, 0.15) is 29.2 Å². The van der Waals surface area contributed by atoms with Crippen molar-refractivity contribution in [3.63, 3.8) is 0 Å². The lowest BCUT2D eigenvalue weighted by Gasteiger charge is -2.35. The van der Waals surface area contributed by atoms with E-state index in [2.05, 4.69) is 41.6 Å². The van der Waals surface area contributed by atoms with Crippen LogP contribution in [0, 0.1) is 0 Å². The number of nitrogens with zero attached hydrogens (tertiary/aromatic N) is 1. The summed E-state index contributed by atoms with van der Waals surface area (Å²) in [4.78, 5) is 11.2. The third kappa shape index (κ3) is 5.05. The maximum Gasteiger partial charge on any atom is 0.308 e. The van der Waals surface area contributed by atoms with Gasteiger partial charge in [-0.1, -0.05) is 96.2 Å². The molecule has 170 valence electrons. The number of benzene rings is 4. The predicted octanol–water partition coefficient (Wildman–Crippen LogP) is 6.52. The highest BCUT2D eigenvalue weighted by Gasteiger charge is 2.37. The maximum absolute atomic E-state index is 11.2. The Kier molecular flexibility index (Phi) is 7.45. The van der Waals surface area contributed by atoms with Gasteiger partial charge in [0.15, 0.2) is 0 Å². The van der Waals surface area contributed by atoms with E-state index in [1.807, 2.05) is 54.6 Å². The number of hydrogen-bond donors (Lipinski definition) is 1. The summed E-state index contributed by atoms with van der Waals surface area (Å²) in [5.41, 5.74) is 4.71. The molecule has 4 aromatic carbocycles. The van der Waals surface area contributed by atoms with Gasteiger partial charge in [0, 0.05) is 18.2 Å². The summed E-state index contributed by atoms with van der Waals surface area (Å²) in [7, 11) is 0. The van der Waals surface area contributed by atoms with E-state index >= 15 is 0 Å². The molecule has 0 aliphatic carbocycles. The SMILES string of the molecule is CC(=O)Oc1ccc(/C(CSC(c2ccccc2)(c2ccccc2)c2ccccc2)=N\O)cc1. The van der Waals surface area contributed by atoms with E-state index in [0.717, 1.165) is 22.3 Å². The number of ether oxygens (including phenoxy) is 1. The van der Waals surface area contributed by atoms with E-state index < -0.39 is 4.75 Å². The van der Waals surface area contributed by atoms with Crippen LogP contribution in [0.15, 0.2) is 120 Å². The molecule has 0 saturated carbocycles. The van der Waals surface area contributed by atoms with Crippen molar-refractivity contribution in [1.29, 1.82) is 0 Å². The molecule has 0 spiro atoms. The van der Waals surface area contributed by atoms with E-state index in [1.54, 1.807) is 36.0 Å². The Balaban J connectivity index is 1.75. The minimum Gasteiger partial charge on any atom is -0.427 e. The minimum atomic E-state index is -0.516. The minimum absolute atomic E-state index is 0.377. The topological polar surface area (TPSA) is 58.9 Å². The smallest absolute Gasteiger partial charge is 0.308 e. The first-order chi connectivity index (χ1) is 16.6. The largest absolute Gasteiger partial charge is 0.427 e. The molecule has 4 aromatic rings. The van der Waals surface area contributed by atoms with Crippen molar-refractivity contribution in [3.8, 4) is 5.75 Å². The van der Waals surface area contributed by atoms with Crippen LogP contribution in [0.2, 0.25) is 0 Å². The van der Waals surface area contributed by atoms with Gasteiger partial charge >= 0.3 is 5.97 Å². The van der Waals surface area contributed by atoms with Gasteiger partial charge in [-0.05, 0) is 41.0 Å². The number of oxime groups is 1. The van der Waals surface area contributed by atoms with Gasteiger partial charge < -0.3 is 9.94 Å². The number of rotatable bonds is 8. The Bertz CT molecular complexity index is 1140. The fraction of sp³-hybridized carbons (Fsp3) is 0.103. The summed E-state index contributed by atoms with van der Waals surface area (Å²) < 4.78 is 4.61. The molecule has 4 nitrogen and oxygen atoms in total. The van der Waals surface area contributed by atoms with Crippen molar-refractivity contribution in [1.82, 2.24) is 0 Å². The van der Waals surface area contributed by atoms with Gasteiger partial charge in [-0.2, -0.15) is 0 Å². The summed E-state index contributed by atoms with van der Waals surface area (Å²) in [6.45, 7) is 1.36. The van der Waals surface area contributed by atoms with Gasteiger partial charge in [0.25, 0.3) is 0 Å². The second-order valence-corrected chi connectivity index (χ2v) is 8.92. The Labute approximate surface area is 203 Å². The molecule has 4 rings (SSSR count). The first kappa shape index (κ1) is 23.3. The van der Waals surface area contributed by atoms with Crippen LogP contribution in [-0.4, -0.2) is 22.6 Å². The van der Waals surface area contributed by atoms with Crippen molar-refractivity contribution in [2.45, 2.75) is 11.7 Å². The van der Waals surface area contributed by atoms with Crippen molar-refractivity contribution >= 4 is 23.4 Å². The average Bonchev–Trinajstić information content (AvgIpc) is 2.89. The van der Waals surface area contributed by atoms with Crippen LogP contribution in [0.3, 0.4) is 0 Å². The van der Waals surface area contributed by atoms with Gasteiger partial charge in [0.05, 0.1) is 10.5 Å². The molecule has 0 unspecified atom stereocenters. The molecule has 0 atom stereocenters. The molecular weight excluding hydrogens is 442 g/mol. The first-order valence-electron chi connectivity index (χ1n) is 10.9. The third-order valence-corrected chi connectivity index (χ3v) is 7.09. The van der Waals surface area contributed by atoms with E-state index in [-0.39, 0.29) is 5.97 Å². The fourth-order valence-corrected chi connectivity index (χ4v) is 5.48. The zero-order chi connectivity index (χ0) is 23.8. The van der Waals surface area contributed by atoms with Crippen LogP contribution in [0.25, 0.3) is 0 Å². The molecule has 0 fully saturated rings. The Morgan fingerprint density at radius 2 is 1.21 bits per heavy atom. The summed E-state index contributed by atoms with van der Waals surface area (Å²) in [6, 6.07) is 38.1. The Hall–Kier alpha value is -3.83. The van der Waals surface area contributed by atoms with Crippen LogP contribution < -0.4 is 4.74 Å². The number of carbonyl (C=O) groups excluding carboxylic acids is 1. The van der Waals surface area contributed by atoms with Gasteiger partial charge in [0.2, 0.25) is 0 Å². The molecule has 0 aliphatic rings. The second kappa shape index (κ2) is 10.9. The maximum atomic E-state index is 11.2. The zero-order valence-electron chi connectivity index (χ0n) is 18.8. The van der Waals surface area contributed by atoms with Gasteiger partial charge in [-0.3, -0.25) is 4.79 Å². The predicted molar refractivity (Wildman–Crippen MR) is 138 cm³/mol. The van der Waals surface area contributed by atoms with Crippen molar-refractivity contribution in [3.05, 3.63) is 138 Å². The summed E-state index contributed by atoms with van der Waals surface area (Å²) in [6.07, 6.45) is 0. The highest BCUT2D eigenvalue weighted by atomic mass is 32.2. The normalized spacial score (nSPS) is 11.7. The molecule has 0 heterocycles. The molecule has 0 aromatic heterocycles. The van der Waals surface area contributed by atoms with Gasteiger partial charge in [-0.25, -0.2) is 0 Å². The van der Waals surface area contributed by atoms with Crippen LogP contribution in [-0.2, 0) is 9.54 Å². The summed E-state index contributed by atoms with van der Waals surface area (Å²) >= 11 is 1.69. The Morgan fingerprint density at radius 3 is 1.59 bits per heavy atom. The molecule has 5 heteroatoms. The van der Waals surface area contributed by atoms with E-state index in [1.165, 1.54) is 6.92 Å². The molecule has 0 bridgehead atoms. The first-order valence-corrected chi connectivity index (χ1v) is 11.9. The molecule has 1 N–H and O–H groups in total. The summed E-state index contributed by atoms with van der Waals surface area (Å²) in [5.74, 6) is 0.522. The molecule has 0 amide bonds. The molecule has 34 heavy (non-hydrogen) atoms. The fourth-order valence-electron chi connectivity index (χ4n) is 4.00. The summed E-state index contributed by atoms with van der Waals surface area (Å²) in [5, 5.41) is 13.5. The molecule has 0 radical (unpaired) electrons.